The van der Waals surface area contributed by atoms with Crippen molar-refractivity contribution in [3.63, 3.8) is 0 Å². The van der Waals surface area contributed by atoms with Crippen LogP contribution in [0.4, 0.5) is 10.1 Å². The number of nitrogens with one attached hydrogen (secondary N) is 1. The van der Waals surface area contributed by atoms with Gasteiger partial charge >= 0.3 is 0 Å². The van der Waals surface area contributed by atoms with E-state index in [1.807, 2.05) is 6.92 Å². The highest BCUT2D eigenvalue weighted by Gasteiger charge is 2.23. The number of hydrogen-bond donors (Lipinski definition) is 2. The molecule has 0 spiro atoms. The Labute approximate surface area is 119 Å². The molecule has 4 nitrogen and oxygen atoms in total. The van der Waals surface area contributed by atoms with Crippen molar-refractivity contribution in [3.05, 3.63) is 30.1 Å². The third-order valence-electron chi connectivity index (χ3n) is 3.84. The van der Waals surface area contributed by atoms with Gasteiger partial charge in [0.15, 0.2) is 0 Å². The van der Waals surface area contributed by atoms with Gasteiger partial charge in [-0.05, 0) is 36.6 Å². The van der Waals surface area contributed by atoms with Crippen LogP contribution >= 0.6 is 0 Å². The molecule has 2 unspecified atom stereocenters. The van der Waals surface area contributed by atoms with Crippen LogP contribution in [-0.4, -0.2) is 32.1 Å². The molecule has 2 rings (SSSR count). The number of amides is 1. The maximum atomic E-state index is 12.9. The highest BCUT2D eigenvalue weighted by molar-refractivity contribution is 5.78. The standard InChI is InChI=1S/C15H22FN3O/c1-11(8-17)15(20)18-9-12-6-7-19(10-12)14-4-2-13(16)3-5-14/h2-5,11-12H,6-10,17H2,1H3,(H,18,20). The second kappa shape index (κ2) is 6.70. The van der Waals surface area contributed by atoms with Crippen LogP contribution < -0.4 is 16.0 Å². The minimum atomic E-state index is -0.215. The minimum Gasteiger partial charge on any atom is -0.371 e. The predicted octanol–water partition coefficient (Wildman–Crippen LogP) is 1.36. The van der Waals surface area contributed by atoms with E-state index in [0.717, 1.165) is 25.2 Å². The fraction of sp³-hybridized carbons (Fsp3) is 0.533. The Hall–Kier alpha value is -1.62. The number of benzene rings is 1. The number of hydrogen-bond acceptors (Lipinski definition) is 3. The normalized spacial score (nSPS) is 19.9. The van der Waals surface area contributed by atoms with E-state index in [0.29, 0.717) is 19.0 Å². The quantitative estimate of drug-likeness (QED) is 0.855. The summed E-state index contributed by atoms with van der Waals surface area (Å²) in [6.07, 6.45) is 1.04. The Morgan fingerprint density at radius 1 is 1.50 bits per heavy atom. The molecule has 0 saturated carbocycles. The van der Waals surface area contributed by atoms with E-state index in [4.69, 9.17) is 5.73 Å². The van der Waals surface area contributed by atoms with E-state index >= 15 is 0 Å². The molecule has 1 amide bonds. The number of nitrogens with zero attached hydrogens (tertiary/aromatic N) is 1. The van der Waals surface area contributed by atoms with Gasteiger partial charge in [-0.3, -0.25) is 4.79 Å². The van der Waals surface area contributed by atoms with Crippen molar-refractivity contribution in [1.82, 2.24) is 5.32 Å². The molecule has 110 valence electrons. The van der Waals surface area contributed by atoms with E-state index in [-0.39, 0.29) is 17.6 Å². The fourth-order valence-corrected chi connectivity index (χ4v) is 2.41. The molecular weight excluding hydrogens is 257 g/mol. The Balaban J connectivity index is 1.80. The first-order valence-electron chi connectivity index (χ1n) is 7.08. The SMILES string of the molecule is CC(CN)C(=O)NCC1CCN(c2ccc(F)cc2)C1. The summed E-state index contributed by atoms with van der Waals surface area (Å²) in [6.45, 7) is 4.72. The van der Waals surface area contributed by atoms with E-state index in [2.05, 4.69) is 10.2 Å². The van der Waals surface area contributed by atoms with Gasteiger partial charge in [0, 0.05) is 37.8 Å². The third-order valence-corrected chi connectivity index (χ3v) is 3.84. The van der Waals surface area contributed by atoms with Gasteiger partial charge in [-0.25, -0.2) is 4.39 Å². The molecule has 1 heterocycles. The molecule has 0 bridgehead atoms. The van der Waals surface area contributed by atoms with Gasteiger partial charge in [0.05, 0.1) is 0 Å². The van der Waals surface area contributed by atoms with Gasteiger partial charge in [-0.15, -0.1) is 0 Å². The van der Waals surface area contributed by atoms with Crippen LogP contribution in [0, 0.1) is 17.7 Å². The molecule has 0 aliphatic carbocycles. The molecule has 2 atom stereocenters. The molecule has 1 aromatic carbocycles. The second-order valence-corrected chi connectivity index (χ2v) is 5.46. The van der Waals surface area contributed by atoms with Gasteiger partial charge in [0.2, 0.25) is 5.91 Å². The number of nitrogens with two attached hydrogens (primary N) is 1. The summed E-state index contributed by atoms with van der Waals surface area (Å²) in [5.74, 6) is 0.110. The van der Waals surface area contributed by atoms with Gasteiger partial charge in [-0.1, -0.05) is 6.92 Å². The van der Waals surface area contributed by atoms with Crippen molar-refractivity contribution < 1.29 is 9.18 Å². The van der Waals surface area contributed by atoms with Crippen molar-refractivity contribution in [2.24, 2.45) is 17.6 Å². The summed E-state index contributed by atoms with van der Waals surface area (Å²) in [7, 11) is 0. The average molecular weight is 279 g/mol. The van der Waals surface area contributed by atoms with Crippen molar-refractivity contribution in [2.45, 2.75) is 13.3 Å². The Bertz CT molecular complexity index is 449. The second-order valence-electron chi connectivity index (χ2n) is 5.46. The molecule has 5 heteroatoms. The lowest BCUT2D eigenvalue weighted by Gasteiger charge is -2.19. The lowest BCUT2D eigenvalue weighted by Crippen LogP contribution is -2.36. The van der Waals surface area contributed by atoms with Gasteiger partial charge in [0.25, 0.3) is 0 Å². The van der Waals surface area contributed by atoms with Crippen molar-refractivity contribution in [1.29, 1.82) is 0 Å². The molecule has 1 aliphatic heterocycles. The molecule has 3 N–H and O–H groups in total. The topological polar surface area (TPSA) is 58.4 Å². The zero-order valence-corrected chi connectivity index (χ0v) is 11.8. The van der Waals surface area contributed by atoms with Crippen LogP contribution in [-0.2, 0) is 4.79 Å². The van der Waals surface area contributed by atoms with Crippen LogP contribution in [0.2, 0.25) is 0 Å². The van der Waals surface area contributed by atoms with E-state index in [9.17, 15) is 9.18 Å². The monoisotopic (exact) mass is 279 g/mol. The first kappa shape index (κ1) is 14.8. The maximum absolute atomic E-state index is 12.9. The maximum Gasteiger partial charge on any atom is 0.224 e. The Morgan fingerprint density at radius 3 is 2.85 bits per heavy atom. The van der Waals surface area contributed by atoms with Gasteiger partial charge < -0.3 is 16.0 Å². The van der Waals surface area contributed by atoms with Crippen LogP contribution in [0.5, 0.6) is 0 Å². The average Bonchev–Trinajstić information content (AvgIpc) is 2.93. The third kappa shape index (κ3) is 3.70. The summed E-state index contributed by atoms with van der Waals surface area (Å²) in [5, 5.41) is 2.95. The lowest BCUT2D eigenvalue weighted by molar-refractivity contribution is -0.124. The van der Waals surface area contributed by atoms with E-state index in [1.54, 1.807) is 12.1 Å². The number of anilines is 1. The number of halogens is 1. The highest BCUT2D eigenvalue weighted by atomic mass is 19.1. The first-order chi connectivity index (χ1) is 9.60. The van der Waals surface area contributed by atoms with Crippen LogP contribution in [0.3, 0.4) is 0 Å². The van der Waals surface area contributed by atoms with E-state index in [1.165, 1.54) is 12.1 Å². The fourth-order valence-electron chi connectivity index (χ4n) is 2.41. The number of carbonyl (C=O) groups excluding carboxylic acids is 1. The first-order valence-corrected chi connectivity index (χ1v) is 7.08. The molecule has 20 heavy (non-hydrogen) atoms. The zero-order valence-electron chi connectivity index (χ0n) is 11.8. The summed E-state index contributed by atoms with van der Waals surface area (Å²) in [4.78, 5) is 13.9. The molecule has 1 saturated heterocycles. The zero-order chi connectivity index (χ0) is 14.5. The highest BCUT2D eigenvalue weighted by Crippen LogP contribution is 2.23. The van der Waals surface area contributed by atoms with Crippen LogP contribution in [0.25, 0.3) is 0 Å². The summed E-state index contributed by atoms with van der Waals surface area (Å²) < 4.78 is 12.9. The molecular formula is C15H22FN3O. The van der Waals surface area contributed by atoms with Crippen molar-refractivity contribution in [3.8, 4) is 0 Å². The van der Waals surface area contributed by atoms with Crippen molar-refractivity contribution in [2.75, 3.05) is 31.1 Å². The summed E-state index contributed by atoms with van der Waals surface area (Å²) in [5.41, 5.74) is 6.50. The van der Waals surface area contributed by atoms with E-state index < -0.39 is 0 Å². The summed E-state index contributed by atoms with van der Waals surface area (Å²) >= 11 is 0. The largest absolute Gasteiger partial charge is 0.371 e. The van der Waals surface area contributed by atoms with Gasteiger partial charge in [-0.2, -0.15) is 0 Å². The smallest absolute Gasteiger partial charge is 0.224 e. The summed E-state index contributed by atoms with van der Waals surface area (Å²) in [6, 6.07) is 6.56. The van der Waals surface area contributed by atoms with Crippen LogP contribution in [0.1, 0.15) is 13.3 Å². The lowest BCUT2D eigenvalue weighted by atomic mass is 10.1. The molecule has 0 radical (unpaired) electrons. The number of rotatable bonds is 5. The molecule has 1 aliphatic rings. The van der Waals surface area contributed by atoms with Gasteiger partial charge in [0.1, 0.15) is 5.82 Å². The molecule has 0 aromatic heterocycles. The van der Waals surface area contributed by atoms with Crippen LogP contribution in [0.15, 0.2) is 24.3 Å². The minimum absolute atomic E-state index is 0.0210. The predicted molar refractivity (Wildman–Crippen MR) is 77.9 cm³/mol. The Kier molecular flexibility index (Phi) is 4.95. The van der Waals surface area contributed by atoms with Crippen molar-refractivity contribution >= 4 is 11.6 Å². The molecule has 1 fully saturated rings. The number of carbonyl (C=O) groups is 1. The Morgan fingerprint density at radius 2 is 2.20 bits per heavy atom. The molecule has 1 aromatic rings.